The van der Waals surface area contributed by atoms with Crippen molar-refractivity contribution in [3.63, 3.8) is 0 Å². The molecule has 0 saturated heterocycles. The maximum atomic E-state index is 10.6. The van der Waals surface area contributed by atoms with Gasteiger partial charge in [-0.2, -0.15) is 0 Å². The van der Waals surface area contributed by atoms with Crippen molar-refractivity contribution in [3.8, 4) is 0 Å². The lowest BCUT2D eigenvalue weighted by Crippen LogP contribution is -1.98. The van der Waals surface area contributed by atoms with E-state index < -0.39 is 0 Å². The number of carbonyl (C=O) groups excluding carboxylic acids is 1. The first-order valence-electron chi connectivity index (χ1n) is 4.11. The van der Waals surface area contributed by atoms with Gasteiger partial charge in [0.1, 0.15) is 17.8 Å². The van der Waals surface area contributed by atoms with Gasteiger partial charge in [-0.25, -0.2) is 0 Å². The number of fused-ring (bicyclic) bond motifs is 2. The van der Waals surface area contributed by atoms with Crippen LogP contribution in [0.5, 0.6) is 0 Å². The minimum Gasteiger partial charge on any atom is -0.461 e. The van der Waals surface area contributed by atoms with Gasteiger partial charge < -0.3 is 9.15 Å². The number of benzene rings is 1. The van der Waals surface area contributed by atoms with Crippen LogP contribution in [0.3, 0.4) is 0 Å². The summed E-state index contributed by atoms with van der Waals surface area (Å²) >= 11 is 0. The molecule has 2 bridgehead atoms. The third-order valence-corrected chi connectivity index (χ3v) is 1.98. The van der Waals surface area contributed by atoms with E-state index in [1.54, 1.807) is 0 Å². The smallest absolute Gasteiger partial charge is 0.302 e. The molecule has 0 unspecified atom stereocenters. The van der Waals surface area contributed by atoms with Gasteiger partial charge >= 0.3 is 5.97 Å². The largest absolute Gasteiger partial charge is 0.461 e. The topological polar surface area (TPSA) is 39.4 Å². The van der Waals surface area contributed by atoms with Crippen molar-refractivity contribution in [1.82, 2.24) is 0 Å². The van der Waals surface area contributed by atoms with Gasteiger partial charge in [0, 0.05) is 12.5 Å². The monoisotopic (exact) mass is 178 g/mol. The Hall–Kier alpha value is -1.51. The van der Waals surface area contributed by atoms with Crippen molar-refractivity contribution in [2.24, 2.45) is 0 Å². The molecule has 0 spiro atoms. The van der Waals surface area contributed by atoms with Gasteiger partial charge in [0.25, 0.3) is 0 Å². The summed E-state index contributed by atoms with van der Waals surface area (Å²) in [4.78, 5) is 10.6. The van der Waals surface area contributed by atoms with Crippen LogP contribution < -0.4 is 0 Å². The lowest BCUT2D eigenvalue weighted by atomic mass is 10.1. The molecule has 2 aromatic heterocycles. The van der Waals surface area contributed by atoms with Crippen molar-refractivity contribution in [3.05, 3.63) is 23.3 Å². The highest BCUT2D eigenvalue weighted by molar-refractivity contribution is 5.71. The Morgan fingerprint density at radius 2 is 2.31 bits per heavy atom. The number of carbonyl (C=O) groups is 1. The zero-order chi connectivity index (χ0) is 9.42. The molecule has 2 aromatic rings. The molecule has 0 amide bonds. The van der Waals surface area contributed by atoms with E-state index in [-0.39, 0.29) is 5.97 Å². The highest BCUT2D eigenvalue weighted by Crippen LogP contribution is 2.26. The second-order valence-electron chi connectivity index (χ2n) is 3.11. The molecule has 0 aliphatic carbocycles. The lowest BCUT2D eigenvalue weighted by Gasteiger charge is -1.99. The number of furan rings is 2. The minimum atomic E-state index is -0.268. The van der Waals surface area contributed by atoms with Crippen molar-refractivity contribution >= 4 is 17.1 Å². The summed E-state index contributed by atoms with van der Waals surface area (Å²) in [5.41, 5.74) is 3.73. The zero-order valence-corrected chi connectivity index (χ0v) is 7.59. The van der Waals surface area contributed by atoms with Crippen LogP contribution in [0.1, 0.15) is 18.1 Å². The van der Waals surface area contributed by atoms with Crippen molar-refractivity contribution in [1.29, 1.82) is 0 Å². The Balaban J connectivity index is 2.22. The lowest BCUT2D eigenvalue weighted by molar-refractivity contribution is -0.142. The fraction of sp³-hybridized carbons (Fsp3) is 0.300. The zero-order valence-electron chi connectivity index (χ0n) is 7.59. The third-order valence-electron chi connectivity index (χ3n) is 1.98. The molecule has 0 aliphatic rings. The van der Waals surface area contributed by atoms with Crippen LogP contribution in [-0.4, -0.2) is 5.97 Å². The standard InChI is InChI=1S/C10H10O3/c1-6-3-9-4-8(10(6)13-9)5-12-7(2)11/h3-4H,5H2,1-2H3. The summed E-state index contributed by atoms with van der Waals surface area (Å²) in [6.45, 7) is 3.68. The van der Waals surface area contributed by atoms with Crippen LogP contribution in [-0.2, 0) is 16.1 Å². The van der Waals surface area contributed by atoms with Crippen LogP contribution in [0.25, 0.3) is 11.2 Å². The van der Waals surface area contributed by atoms with Crippen LogP contribution in [0.15, 0.2) is 16.5 Å². The fourth-order valence-electron chi connectivity index (χ4n) is 1.42. The van der Waals surface area contributed by atoms with Gasteiger partial charge in [-0.05, 0) is 24.6 Å². The Morgan fingerprint density at radius 1 is 1.54 bits per heavy atom. The van der Waals surface area contributed by atoms with Gasteiger partial charge in [-0.15, -0.1) is 0 Å². The van der Waals surface area contributed by atoms with Crippen molar-refractivity contribution < 1.29 is 13.9 Å². The number of rotatable bonds is 2. The summed E-state index contributed by atoms with van der Waals surface area (Å²) in [7, 11) is 0. The molecule has 0 saturated carbocycles. The molecular formula is C10H10O3. The van der Waals surface area contributed by atoms with Gasteiger partial charge in [0.05, 0.1) is 0 Å². The van der Waals surface area contributed by atoms with E-state index in [1.165, 1.54) is 6.92 Å². The molecule has 68 valence electrons. The number of ether oxygens (including phenoxy) is 1. The predicted molar refractivity (Wildman–Crippen MR) is 47.6 cm³/mol. The average Bonchev–Trinajstić information content (AvgIpc) is 2.58. The first-order valence-corrected chi connectivity index (χ1v) is 4.11. The van der Waals surface area contributed by atoms with E-state index in [2.05, 4.69) is 0 Å². The molecule has 0 N–H and O–H groups in total. The number of hydrogen-bond donors (Lipinski definition) is 0. The van der Waals surface area contributed by atoms with E-state index in [0.29, 0.717) is 6.61 Å². The van der Waals surface area contributed by atoms with E-state index in [9.17, 15) is 4.79 Å². The summed E-state index contributed by atoms with van der Waals surface area (Å²) in [6, 6.07) is 3.86. The average molecular weight is 178 g/mol. The van der Waals surface area contributed by atoms with E-state index in [4.69, 9.17) is 9.15 Å². The molecule has 0 aliphatic heterocycles. The first kappa shape index (κ1) is 8.10. The van der Waals surface area contributed by atoms with Crippen LogP contribution in [0.4, 0.5) is 0 Å². The predicted octanol–water partition coefficient (Wildman–Crippen LogP) is 2.24. The van der Waals surface area contributed by atoms with Gasteiger partial charge in [-0.1, -0.05) is 0 Å². The maximum absolute atomic E-state index is 10.6. The summed E-state index contributed by atoms with van der Waals surface area (Å²) in [5.74, 6) is -0.268. The van der Waals surface area contributed by atoms with E-state index >= 15 is 0 Å². The summed E-state index contributed by atoms with van der Waals surface area (Å²) < 4.78 is 10.3. The molecule has 13 heavy (non-hydrogen) atoms. The molecule has 2 rings (SSSR count). The Kier molecular flexibility index (Phi) is 1.72. The minimum absolute atomic E-state index is 0.268. The normalized spacial score (nSPS) is 10.9. The summed E-state index contributed by atoms with van der Waals surface area (Å²) in [6.07, 6.45) is 0. The number of aryl methyl sites for hydroxylation is 1. The Labute approximate surface area is 75.6 Å². The van der Waals surface area contributed by atoms with Gasteiger partial charge in [-0.3, -0.25) is 4.79 Å². The maximum Gasteiger partial charge on any atom is 0.302 e. The van der Waals surface area contributed by atoms with Crippen LogP contribution in [0.2, 0.25) is 0 Å². The second kappa shape index (κ2) is 2.76. The number of hydrogen-bond acceptors (Lipinski definition) is 3. The van der Waals surface area contributed by atoms with Crippen LogP contribution in [0, 0.1) is 6.92 Å². The quantitative estimate of drug-likeness (QED) is 0.662. The first-order chi connectivity index (χ1) is 6.16. The van der Waals surface area contributed by atoms with Crippen LogP contribution >= 0.6 is 0 Å². The number of esters is 1. The Bertz CT molecular complexity index is 427. The SMILES string of the molecule is CC(=O)OCc1cc2cc(C)c1o2. The molecule has 3 nitrogen and oxygen atoms in total. The van der Waals surface area contributed by atoms with E-state index in [0.717, 1.165) is 22.3 Å². The molecule has 0 aromatic carbocycles. The van der Waals surface area contributed by atoms with Crippen molar-refractivity contribution in [2.45, 2.75) is 20.5 Å². The molecular weight excluding hydrogens is 168 g/mol. The van der Waals surface area contributed by atoms with E-state index in [1.807, 2.05) is 19.1 Å². The Morgan fingerprint density at radius 3 is 2.85 bits per heavy atom. The van der Waals surface area contributed by atoms with Gasteiger partial charge in [0.2, 0.25) is 0 Å². The molecule has 0 radical (unpaired) electrons. The highest BCUT2D eigenvalue weighted by Gasteiger charge is 2.11. The molecule has 2 heterocycles. The molecule has 3 heteroatoms. The third kappa shape index (κ3) is 1.37. The highest BCUT2D eigenvalue weighted by atomic mass is 16.5. The second-order valence-corrected chi connectivity index (χ2v) is 3.11. The fourth-order valence-corrected chi connectivity index (χ4v) is 1.42. The van der Waals surface area contributed by atoms with Gasteiger partial charge in [0.15, 0.2) is 0 Å². The molecule has 0 atom stereocenters. The van der Waals surface area contributed by atoms with Crippen molar-refractivity contribution in [2.75, 3.05) is 0 Å². The molecule has 0 fully saturated rings. The summed E-state index contributed by atoms with van der Waals surface area (Å²) in [5, 5.41) is 0.